The fraction of sp³-hybridized carbons (Fsp3) is 0.365. The quantitative estimate of drug-likeness (QED) is 0.0275. The minimum absolute atomic E-state index is 0. The van der Waals surface area contributed by atoms with Gasteiger partial charge in [-0.3, -0.25) is 38.4 Å². The normalized spacial score (nSPS) is 18.6. The highest BCUT2D eigenvalue weighted by atomic mass is 35.5. The summed E-state index contributed by atoms with van der Waals surface area (Å²) >= 11 is 17.6. The molecule has 0 radical (unpaired) electrons. The summed E-state index contributed by atoms with van der Waals surface area (Å²) < 4.78 is 22.1. The molecule has 3 saturated carbocycles. The molecule has 7 heterocycles. The lowest BCUT2D eigenvalue weighted by Gasteiger charge is -2.38. The van der Waals surface area contributed by atoms with Crippen molar-refractivity contribution < 1.29 is 56.3 Å². The van der Waals surface area contributed by atoms with Gasteiger partial charge in [-0.05, 0) is 182 Å². The molecule has 544 valence electrons. The van der Waals surface area contributed by atoms with Crippen LogP contribution in [0.2, 0.25) is 15.1 Å². The summed E-state index contributed by atoms with van der Waals surface area (Å²) in [6, 6.07) is 32.0. The fourth-order valence-corrected chi connectivity index (χ4v) is 13.5. The number of hydrogen-bond acceptors (Lipinski definition) is 17. The van der Waals surface area contributed by atoms with Gasteiger partial charge in [0, 0.05) is 90.0 Å². The third-order valence-corrected chi connectivity index (χ3v) is 19.3. The molecule has 3 aliphatic carbocycles. The van der Waals surface area contributed by atoms with Crippen molar-refractivity contribution in [2.24, 2.45) is 23.5 Å². The van der Waals surface area contributed by atoms with Gasteiger partial charge in [-0.1, -0.05) is 71.2 Å². The van der Waals surface area contributed by atoms with Gasteiger partial charge < -0.3 is 65.8 Å². The molecule has 0 bridgehead atoms. The standard InChI is InChI=1S/C27H31ClN4O5.C26H27ClN4O4.C21H21ClN4O3.2ClH/c1-36-23(33)8-4-5-15-29-19-12-9-17(10-13-19)26(34)32-24-20-6-2-3-7-21(20)37-25(24)27(35)31-22-14-11-18(28)16-30-22;27-17-10-13-21(28-15-17)29-26(34)24-23(19-5-1-2-6-20(19)35-24)30-25(33)16-8-11-18(12-9-16)31-14-4-3-7-22(31)32;22-13-7-10-17(24-11-13)25-21(28)19-18(15-3-1-2-4-16(15)29-19)26-20(27)12-5-8-14(23)9-6-12;;/h2-3,6-7,11,14,16-17,19,29H,4-5,8-10,12-13,15H2,1H3,(H,32,34)(H,30,31,35);1-2,5-6,10,13,15-16,18H,3-4,7-9,11-12,14H2,(H,30,33)(H,28,29,34);1-4,7,10-12,14H,5-6,8-9,23H2,(H,26,27)(H,24,25,28);2*1H. The molecule has 0 atom stereocenters. The molecule has 0 spiro atoms. The summed E-state index contributed by atoms with van der Waals surface area (Å²) in [7, 11) is 1.40. The number of anilines is 6. The smallest absolute Gasteiger partial charge is 0.305 e. The van der Waals surface area contributed by atoms with E-state index in [-0.39, 0.29) is 102 Å². The van der Waals surface area contributed by atoms with Crippen LogP contribution in [-0.4, -0.2) is 105 Å². The van der Waals surface area contributed by atoms with Crippen molar-refractivity contribution in [3.63, 3.8) is 0 Å². The maximum Gasteiger partial charge on any atom is 0.305 e. The average molecular weight is 1510 g/mol. The molecule has 103 heavy (non-hydrogen) atoms. The number of nitrogens with one attached hydrogen (secondary N) is 7. The van der Waals surface area contributed by atoms with Gasteiger partial charge in [0.25, 0.3) is 17.7 Å². The van der Waals surface area contributed by atoms with E-state index in [1.54, 1.807) is 54.6 Å². The maximum absolute atomic E-state index is 13.2. The van der Waals surface area contributed by atoms with E-state index >= 15 is 0 Å². The van der Waals surface area contributed by atoms with E-state index in [2.05, 4.69) is 56.9 Å². The number of furan rings is 3. The first kappa shape index (κ1) is 78.0. The van der Waals surface area contributed by atoms with Crippen LogP contribution in [0.25, 0.3) is 32.9 Å². The number of nitrogens with two attached hydrogens (primary N) is 1. The highest BCUT2D eigenvalue weighted by molar-refractivity contribution is 6.31. The van der Waals surface area contributed by atoms with E-state index in [1.165, 1.54) is 25.7 Å². The number of carbonyl (C=O) groups is 8. The van der Waals surface area contributed by atoms with Gasteiger partial charge in [0.15, 0.2) is 0 Å². The number of likely N-dealkylation sites (tertiary alicyclic amines) is 1. The van der Waals surface area contributed by atoms with Crippen LogP contribution in [0.3, 0.4) is 0 Å². The van der Waals surface area contributed by atoms with E-state index in [4.69, 9.17) is 53.8 Å². The molecule has 1 aliphatic heterocycles. The number of amides is 7. The summed E-state index contributed by atoms with van der Waals surface area (Å²) in [4.78, 5) is 116. The molecule has 4 fully saturated rings. The lowest BCUT2D eigenvalue weighted by Crippen LogP contribution is -2.45. The van der Waals surface area contributed by atoms with E-state index in [1.807, 2.05) is 59.5 Å². The molecular weight excluding hydrogens is 1430 g/mol. The summed E-state index contributed by atoms with van der Waals surface area (Å²) in [6.45, 7) is 1.66. The Kier molecular flexibility index (Phi) is 28.3. The maximum atomic E-state index is 13.2. The van der Waals surface area contributed by atoms with Crippen molar-refractivity contribution in [2.45, 2.75) is 134 Å². The Morgan fingerprint density at radius 3 is 1.24 bits per heavy atom. The van der Waals surface area contributed by atoms with E-state index in [0.717, 1.165) is 103 Å². The number of aromatic nitrogens is 3. The van der Waals surface area contributed by atoms with Crippen molar-refractivity contribution >= 4 is 174 Å². The van der Waals surface area contributed by atoms with Crippen molar-refractivity contribution in [3.8, 4) is 0 Å². The highest BCUT2D eigenvalue weighted by Crippen LogP contribution is 2.38. The monoisotopic (exact) mass is 1500 g/mol. The zero-order valence-corrected chi connectivity index (χ0v) is 60.3. The molecule has 6 aromatic heterocycles. The van der Waals surface area contributed by atoms with Gasteiger partial charge in [0.05, 0.1) is 22.2 Å². The van der Waals surface area contributed by atoms with Crippen molar-refractivity contribution in [3.05, 3.63) is 160 Å². The molecule has 24 nitrogen and oxygen atoms in total. The van der Waals surface area contributed by atoms with Gasteiger partial charge in [-0.2, -0.15) is 0 Å². The Bertz CT molecular complexity index is 4420. The number of esters is 1. The molecule has 13 rings (SSSR count). The molecule has 3 aromatic carbocycles. The lowest BCUT2D eigenvalue weighted by atomic mass is 9.84. The average Bonchev–Trinajstić information content (AvgIpc) is 1.67. The number of hydrogen-bond donors (Lipinski definition) is 8. The van der Waals surface area contributed by atoms with Gasteiger partial charge >= 0.3 is 5.97 Å². The topological polar surface area (TPSA) is 337 Å². The second kappa shape index (κ2) is 37.3. The first-order valence-corrected chi connectivity index (χ1v) is 35.2. The molecule has 9 aromatic rings. The van der Waals surface area contributed by atoms with Crippen molar-refractivity contribution in [2.75, 3.05) is 52.1 Å². The molecule has 0 unspecified atom stereocenters. The molecule has 4 aliphatic rings. The largest absolute Gasteiger partial charge is 0.469 e. The first-order valence-electron chi connectivity index (χ1n) is 34.1. The van der Waals surface area contributed by atoms with Crippen LogP contribution in [-0.2, 0) is 28.7 Å². The van der Waals surface area contributed by atoms with Gasteiger partial charge in [-0.15, -0.1) is 24.8 Å². The number of rotatable bonds is 19. The fourth-order valence-electron chi connectivity index (χ4n) is 13.1. The number of unbranched alkanes of at least 4 members (excludes halogenated alkanes) is 1. The predicted molar refractivity (Wildman–Crippen MR) is 401 cm³/mol. The minimum Gasteiger partial charge on any atom is -0.469 e. The van der Waals surface area contributed by atoms with Crippen LogP contribution < -0.4 is 43.0 Å². The Balaban J connectivity index is 0.000000179. The van der Waals surface area contributed by atoms with Crippen LogP contribution in [0.15, 0.2) is 141 Å². The van der Waals surface area contributed by atoms with Crippen molar-refractivity contribution in [1.82, 2.24) is 25.2 Å². The van der Waals surface area contributed by atoms with Gasteiger partial charge in [0.2, 0.25) is 40.9 Å². The third kappa shape index (κ3) is 20.6. The van der Waals surface area contributed by atoms with Gasteiger partial charge in [0.1, 0.15) is 51.3 Å². The number of methoxy groups -OCH3 is 1. The number of nitrogens with zero attached hydrogens (tertiary/aromatic N) is 4. The second-order valence-corrected chi connectivity index (χ2v) is 26.8. The minimum atomic E-state index is -0.515. The third-order valence-electron chi connectivity index (χ3n) is 18.6. The van der Waals surface area contributed by atoms with Crippen molar-refractivity contribution in [1.29, 1.82) is 0 Å². The molecule has 9 N–H and O–H groups in total. The number of piperidine rings is 1. The van der Waals surface area contributed by atoms with E-state index < -0.39 is 17.7 Å². The number of fused-ring (bicyclic) bond motifs is 3. The summed E-state index contributed by atoms with van der Waals surface area (Å²) in [5.74, 6) is -1.28. The summed E-state index contributed by atoms with van der Waals surface area (Å²) in [5.41, 5.74) is 8.55. The Morgan fingerprint density at radius 2 is 0.874 bits per heavy atom. The number of carbonyl (C=O) groups excluding carboxylic acids is 8. The highest BCUT2D eigenvalue weighted by Gasteiger charge is 2.35. The molecule has 29 heteroatoms. The second-order valence-electron chi connectivity index (χ2n) is 25.5. The SMILES string of the molecule is COC(=O)CCCCNC1CCC(C(=O)Nc2c(C(=O)Nc3ccc(Cl)cn3)oc3ccccc23)CC1.Cl.Cl.NC1CCC(C(=O)Nc2c(C(=O)Nc3ccc(Cl)cn3)oc3ccccc23)CC1.O=C(Nc1ccc(Cl)cn1)c1oc2ccccc2c1NC(=O)C1CCC(N2CCCCC2=O)CC1. The summed E-state index contributed by atoms with van der Waals surface area (Å²) in [6.07, 6.45) is 18.5. The number of halogens is 5. The number of pyridine rings is 3. The Hall–Kier alpha value is -9.14. The predicted octanol–water partition coefficient (Wildman–Crippen LogP) is 15.4. The Morgan fingerprint density at radius 1 is 0.495 bits per heavy atom. The van der Waals surface area contributed by atoms with Crippen LogP contribution in [0.4, 0.5) is 34.5 Å². The zero-order valence-electron chi connectivity index (χ0n) is 56.4. The number of ether oxygens (including phenoxy) is 1. The first-order chi connectivity index (χ1) is 48.9. The van der Waals surface area contributed by atoms with E-state index in [0.29, 0.717) is 114 Å². The van der Waals surface area contributed by atoms with Crippen LogP contribution in [0.1, 0.15) is 147 Å². The zero-order chi connectivity index (χ0) is 70.9. The molecular formula is C74H81Cl5N12O12. The lowest BCUT2D eigenvalue weighted by molar-refractivity contribution is -0.141. The number of para-hydroxylation sites is 3. The molecule has 1 saturated heterocycles. The Labute approximate surface area is 621 Å². The van der Waals surface area contributed by atoms with Crippen LogP contribution in [0.5, 0.6) is 0 Å². The van der Waals surface area contributed by atoms with Gasteiger partial charge in [-0.25, -0.2) is 15.0 Å². The molecule has 7 amide bonds. The van der Waals surface area contributed by atoms with Crippen LogP contribution >= 0.6 is 59.6 Å². The number of benzene rings is 3. The summed E-state index contributed by atoms with van der Waals surface area (Å²) in [5, 5.41) is 23.8. The van der Waals surface area contributed by atoms with E-state index in [9.17, 15) is 38.4 Å². The van der Waals surface area contributed by atoms with Crippen LogP contribution in [0, 0.1) is 17.8 Å².